The van der Waals surface area contributed by atoms with Gasteiger partial charge in [-0.3, -0.25) is 4.90 Å². The number of benzene rings is 1. The van der Waals surface area contributed by atoms with Crippen LogP contribution in [0.2, 0.25) is 0 Å². The molecule has 5 heteroatoms. The lowest BCUT2D eigenvalue weighted by molar-refractivity contribution is -0.179. The molecule has 0 N–H and O–H groups in total. The van der Waals surface area contributed by atoms with E-state index in [1.807, 2.05) is 0 Å². The Balaban J connectivity index is 3.26. The Morgan fingerprint density at radius 2 is 1.81 bits per heavy atom. The highest BCUT2D eigenvalue weighted by Gasteiger charge is 2.42. The SMILES string of the molecule is Cc1ccc(Br)cc1C(N(C)C)C(F)(F)F. The Hall–Kier alpha value is -0.550. The van der Waals surface area contributed by atoms with Crippen LogP contribution in [0.4, 0.5) is 13.2 Å². The molecule has 1 aromatic rings. The van der Waals surface area contributed by atoms with Gasteiger partial charge in [-0.1, -0.05) is 22.0 Å². The average Bonchev–Trinajstić information content (AvgIpc) is 2.08. The largest absolute Gasteiger partial charge is 0.408 e. The van der Waals surface area contributed by atoms with Gasteiger partial charge in [0.15, 0.2) is 0 Å². The van der Waals surface area contributed by atoms with Crippen molar-refractivity contribution in [2.45, 2.75) is 19.1 Å². The van der Waals surface area contributed by atoms with E-state index in [4.69, 9.17) is 0 Å². The number of rotatable bonds is 2. The van der Waals surface area contributed by atoms with Crippen molar-refractivity contribution < 1.29 is 13.2 Å². The first-order valence-electron chi connectivity index (χ1n) is 4.72. The molecule has 0 radical (unpaired) electrons. The van der Waals surface area contributed by atoms with E-state index in [1.54, 1.807) is 19.1 Å². The molecule has 1 unspecified atom stereocenters. The fourth-order valence-electron chi connectivity index (χ4n) is 1.65. The first-order chi connectivity index (χ1) is 7.23. The highest BCUT2D eigenvalue weighted by Crippen LogP contribution is 2.38. The van der Waals surface area contributed by atoms with Gasteiger partial charge in [-0.05, 0) is 44.3 Å². The predicted octanol–water partition coefficient (Wildman–Crippen LogP) is 3.92. The zero-order chi connectivity index (χ0) is 12.5. The molecule has 0 saturated heterocycles. The maximum absolute atomic E-state index is 12.9. The summed E-state index contributed by atoms with van der Waals surface area (Å²) in [4.78, 5) is 1.18. The summed E-state index contributed by atoms with van der Waals surface area (Å²) in [6, 6.07) is 3.38. The maximum Gasteiger partial charge on any atom is 0.408 e. The fraction of sp³-hybridized carbons (Fsp3) is 0.455. The second-order valence-corrected chi connectivity index (χ2v) is 4.82. The molecule has 0 bridgehead atoms. The highest BCUT2D eigenvalue weighted by atomic mass is 79.9. The van der Waals surface area contributed by atoms with Crippen molar-refractivity contribution in [2.75, 3.05) is 14.1 Å². The van der Waals surface area contributed by atoms with Gasteiger partial charge in [-0.25, -0.2) is 0 Å². The Kier molecular flexibility index (Phi) is 4.02. The van der Waals surface area contributed by atoms with E-state index >= 15 is 0 Å². The van der Waals surface area contributed by atoms with Gasteiger partial charge in [0.1, 0.15) is 6.04 Å². The standard InChI is InChI=1S/C11H13BrF3N/c1-7-4-5-8(12)6-9(7)10(16(2)3)11(13,14)15/h4-6,10H,1-3H3. The fourth-order valence-corrected chi connectivity index (χ4v) is 2.03. The summed E-state index contributed by atoms with van der Waals surface area (Å²) in [7, 11) is 2.86. The molecule has 90 valence electrons. The summed E-state index contributed by atoms with van der Waals surface area (Å²) >= 11 is 3.19. The molecular formula is C11H13BrF3N. The lowest BCUT2D eigenvalue weighted by Gasteiger charge is -2.28. The molecule has 0 amide bonds. The minimum atomic E-state index is -4.27. The molecule has 0 aliphatic heterocycles. The molecule has 0 aliphatic carbocycles. The molecule has 0 spiro atoms. The molecule has 1 aromatic carbocycles. The zero-order valence-electron chi connectivity index (χ0n) is 9.27. The van der Waals surface area contributed by atoms with Crippen molar-refractivity contribution in [1.29, 1.82) is 0 Å². The van der Waals surface area contributed by atoms with Crippen molar-refractivity contribution in [3.05, 3.63) is 33.8 Å². The Bertz CT molecular complexity index is 374. The van der Waals surface area contributed by atoms with Crippen LogP contribution < -0.4 is 0 Å². The van der Waals surface area contributed by atoms with Crippen molar-refractivity contribution in [1.82, 2.24) is 4.90 Å². The van der Waals surface area contributed by atoms with Crippen LogP contribution in [0.5, 0.6) is 0 Å². The van der Waals surface area contributed by atoms with Crippen LogP contribution in [-0.4, -0.2) is 25.2 Å². The van der Waals surface area contributed by atoms with Crippen molar-refractivity contribution in [3.8, 4) is 0 Å². The van der Waals surface area contributed by atoms with E-state index in [0.717, 1.165) is 0 Å². The second kappa shape index (κ2) is 4.75. The third-order valence-electron chi connectivity index (χ3n) is 2.36. The number of halogens is 4. The van der Waals surface area contributed by atoms with Gasteiger partial charge in [0.25, 0.3) is 0 Å². The summed E-state index contributed by atoms with van der Waals surface area (Å²) in [5, 5.41) is 0. The average molecular weight is 296 g/mol. The van der Waals surface area contributed by atoms with Crippen molar-refractivity contribution >= 4 is 15.9 Å². The van der Waals surface area contributed by atoms with Crippen LogP contribution >= 0.6 is 15.9 Å². The smallest absolute Gasteiger partial charge is 0.295 e. The summed E-state index contributed by atoms with van der Waals surface area (Å²) < 4.78 is 39.4. The second-order valence-electron chi connectivity index (χ2n) is 3.91. The van der Waals surface area contributed by atoms with E-state index in [1.165, 1.54) is 25.1 Å². The number of nitrogens with zero attached hydrogens (tertiary/aromatic N) is 1. The van der Waals surface area contributed by atoms with Crippen LogP contribution in [-0.2, 0) is 0 Å². The van der Waals surface area contributed by atoms with Gasteiger partial charge in [0.2, 0.25) is 0 Å². The van der Waals surface area contributed by atoms with E-state index in [-0.39, 0.29) is 5.56 Å². The lowest BCUT2D eigenvalue weighted by atomic mass is 10.0. The molecule has 1 nitrogen and oxygen atoms in total. The van der Waals surface area contributed by atoms with E-state index in [0.29, 0.717) is 10.0 Å². The van der Waals surface area contributed by atoms with Crippen molar-refractivity contribution in [2.24, 2.45) is 0 Å². The Morgan fingerprint density at radius 1 is 1.25 bits per heavy atom. The molecule has 0 saturated carbocycles. The Morgan fingerprint density at radius 3 is 2.25 bits per heavy atom. The van der Waals surface area contributed by atoms with E-state index in [2.05, 4.69) is 15.9 Å². The van der Waals surface area contributed by atoms with Gasteiger partial charge in [-0.15, -0.1) is 0 Å². The van der Waals surface area contributed by atoms with Crippen LogP contribution in [0.15, 0.2) is 22.7 Å². The molecule has 0 heterocycles. The minimum absolute atomic E-state index is 0.284. The highest BCUT2D eigenvalue weighted by molar-refractivity contribution is 9.10. The Labute approximate surface area is 101 Å². The maximum atomic E-state index is 12.9. The first-order valence-corrected chi connectivity index (χ1v) is 5.52. The molecule has 0 fully saturated rings. The van der Waals surface area contributed by atoms with Gasteiger partial charge >= 0.3 is 6.18 Å². The van der Waals surface area contributed by atoms with Crippen molar-refractivity contribution in [3.63, 3.8) is 0 Å². The zero-order valence-corrected chi connectivity index (χ0v) is 10.9. The van der Waals surface area contributed by atoms with E-state index < -0.39 is 12.2 Å². The molecule has 1 atom stereocenters. The number of hydrogen-bond acceptors (Lipinski definition) is 1. The predicted molar refractivity (Wildman–Crippen MR) is 61.4 cm³/mol. The molecule has 16 heavy (non-hydrogen) atoms. The third kappa shape index (κ3) is 2.98. The molecule has 0 aliphatic rings. The third-order valence-corrected chi connectivity index (χ3v) is 2.86. The molecule has 1 rings (SSSR count). The summed E-state index contributed by atoms with van der Waals surface area (Å²) in [6.07, 6.45) is -4.27. The molecular weight excluding hydrogens is 283 g/mol. The first kappa shape index (κ1) is 13.5. The number of hydrogen-bond donors (Lipinski definition) is 0. The lowest BCUT2D eigenvalue weighted by Crippen LogP contribution is -2.33. The normalized spacial score (nSPS) is 14.2. The van der Waals surface area contributed by atoms with Crippen LogP contribution in [0.3, 0.4) is 0 Å². The monoisotopic (exact) mass is 295 g/mol. The van der Waals surface area contributed by atoms with Gasteiger partial charge in [-0.2, -0.15) is 13.2 Å². The molecule has 0 aromatic heterocycles. The van der Waals surface area contributed by atoms with Crippen LogP contribution in [0, 0.1) is 6.92 Å². The van der Waals surface area contributed by atoms with Crippen LogP contribution in [0.25, 0.3) is 0 Å². The van der Waals surface area contributed by atoms with E-state index in [9.17, 15) is 13.2 Å². The topological polar surface area (TPSA) is 3.24 Å². The number of aryl methyl sites for hydroxylation is 1. The summed E-state index contributed by atoms with van der Waals surface area (Å²) in [5.74, 6) is 0. The quantitative estimate of drug-likeness (QED) is 0.799. The minimum Gasteiger partial charge on any atom is -0.295 e. The summed E-state index contributed by atoms with van der Waals surface area (Å²) in [5.41, 5.74) is 0.922. The van der Waals surface area contributed by atoms with Gasteiger partial charge < -0.3 is 0 Å². The van der Waals surface area contributed by atoms with Crippen LogP contribution in [0.1, 0.15) is 17.2 Å². The van der Waals surface area contributed by atoms with Gasteiger partial charge in [0.05, 0.1) is 0 Å². The van der Waals surface area contributed by atoms with Gasteiger partial charge in [0, 0.05) is 4.47 Å². The summed E-state index contributed by atoms with van der Waals surface area (Å²) in [6.45, 7) is 1.68. The number of alkyl halides is 3.